The van der Waals surface area contributed by atoms with E-state index in [1.807, 2.05) is 0 Å². The lowest BCUT2D eigenvalue weighted by Gasteiger charge is -2.26. The molecule has 0 bridgehead atoms. The van der Waals surface area contributed by atoms with Crippen molar-refractivity contribution in [2.45, 2.75) is 12.5 Å². The van der Waals surface area contributed by atoms with E-state index in [-0.39, 0.29) is 0 Å². The topological polar surface area (TPSA) is 80.6 Å². The first-order chi connectivity index (χ1) is 14.1. The summed E-state index contributed by atoms with van der Waals surface area (Å²) in [5, 5.41) is 2.82. The number of morpholine rings is 1. The number of ketones is 1. The molecule has 0 aliphatic carbocycles. The number of hydrogen-bond acceptors (Lipinski definition) is 5. The van der Waals surface area contributed by atoms with Gasteiger partial charge < -0.3 is 10.1 Å². The summed E-state index contributed by atoms with van der Waals surface area (Å²) in [6.07, 6.45) is 2.23. The number of carbonyl (C=O) groups excluding carboxylic acids is 2. The van der Waals surface area contributed by atoms with E-state index in [9.17, 15) is 14.4 Å². The van der Waals surface area contributed by atoms with Crippen LogP contribution in [-0.2, 0) is 9.53 Å². The van der Waals surface area contributed by atoms with Gasteiger partial charge in [-0.15, -0.1) is 0 Å². The van der Waals surface area contributed by atoms with Crippen molar-refractivity contribution in [2.75, 3.05) is 39.4 Å². The van der Waals surface area contributed by atoms with Crippen LogP contribution < -0.4 is 10.9 Å². The van der Waals surface area contributed by atoms with E-state index in [0.29, 0.717) is 12.1 Å². The molecule has 29 heavy (non-hydrogen) atoms. The highest BCUT2D eigenvalue weighted by molar-refractivity contribution is 9.10. The van der Waals surface area contributed by atoms with Crippen LogP contribution in [0.15, 0.2) is 57.9 Å². The number of aromatic nitrogens is 1. The molecule has 1 N–H and O–H groups in total. The predicted molar refractivity (Wildman–Crippen MR) is 113 cm³/mol. The van der Waals surface area contributed by atoms with Gasteiger partial charge in [-0.05, 0) is 31.2 Å². The molecule has 0 radical (unpaired) electrons. The second-order valence-electron chi connectivity index (χ2n) is 6.82. The Morgan fingerprint density at radius 1 is 1.10 bits per heavy atom. The Kier molecular flexibility index (Phi) is 7.74. The molecule has 154 valence electrons. The molecule has 1 unspecified atom stereocenters. The number of benzene rings is 1. The van der Waals surface area contributed by atoms with Crippen LogP contribution in [0, 0.1) is 0 Å². The summed E-state index contributed by atoms with van der Waals surface area (Å²) in [6.45, 7) is 4.51. The normalized spacial score (nSPS) is 15.6. The van der Waals surface area contributed by atoms with Crippen molar-refractivity contribution in [3.05, 3.63) is 69.1 Å². The largest absolute Gasteiger partial charge is 0.379 e. The Hall–Kier alpha value is -2.29. The monoisotopic (exact) mass is 461 g/mol. The van der Waals surface area contributed by atoms with Gasteiger partial charge in [-0.3, -0.25) is 23.9 Å². The second-order valence-corrected chi connectivity index (χ2v) is 7.73. The van der Waals surface area contributed by atoms with Crippen LogP contribution in [-0.4, -0.2) is 60.6 Å². The van der Waals surface area contributed by atoms with Crippen LogP contribution in [0.5, 0.6) is 0 Å². The molecule has 1 atom stereocenters. The molecular formula is C21H24BrN3O4. The predicted octanol–water partition coefficient (Wildman–Crippen LogP) is 1.87. The molecule has 1 fully saturated rings. The van der Waals surface area contributed by atoms with Gasteiger partial charge in [0.15, 0.2) is 11.8 Å². The molecule has 1 aromatic carbocycles. The van der Waals surface area contributed by atoms with E-state index in [1.54, 1.807) is 36.4 Å². The highest BCUT2D eigenvalue weighted by Gasteiger charge is 2.29. The van der Waals surface area contributed by atoms with Gasteiger partial charge in [0.05, 0.1) is 13.2 Å². The summed E-state index contributed by atoms with van der Waals surface area (Å²) in [5.41, 5.74) is -0.0242. The SMILES string of the molecule is O=C(NCCCN1CCOCC1)C(C(=O)c1ccc(Br)cc1)n1ccccc1=O. The van der Waals surface area contributed by atoms with E-state index < -0.39 is 23.3 Å². The lowest BCUT2D eigenvalue weighted by molar-refractivity contribution is -0.123. The first-order valence-corrected chi connectivity index (χ1v) is 10.4. The maximum Gasteiger partial charge on any atom is 0.251 e. The molecular weight excluding hydrogens is 438 g/mol. The minimum absolute atomic E-state index is 0.373. The third-order valence-electron chi connectivity index (χ3n) is 4.81. The van der Waals surface area contributed by atoms with E-state index in [4.69, 9.17) is 4.74 Å². The molecule has 1 amide bonds. The molecule has 1 saturated heterocycles. The number of rotatable bonds is 8. The molecule has 2 aromatic rings. The van der Waals surface area contributed by atoms with E-state index in [0.717, 1.165) is 43.7 Å². The molecule has 2 heterocycles. The molecule has 8 heteroatoms. The van der Waals surface area contributed by atoms with Gasteiger partial charge in [0, 0.05) is 41.9 Å². The van der Waals surface area contributed by atoms with Gasteiger partial charge in [0.2, 0.25) is 0 Å². The first kappa shape index (κ1) is 21.4. The van der Waals surface area contributed by atoms with Crippen molar-refractivity contribution in [2.24, 2.45) is 0 Å². The van der Waals surface area contributed by atoms with Crippen LogP contribution in [0.3, 0.4) is 0 Å². The fraction of sp³-hybridized carbons (Fsp3) is 0.381. The number of nitrogens with zero attached hydrogens (tertiary/aromatic N) is 2. The molecule has 3 rings (SSSR count). The minimum atomic E-state index is -1.24. The maximum atomic E-state index is 13.1. The van der Waals surface area contributed by atoms with Crippen molar-refractivity contribution in [1.29, 1.82) is 0 Å². The summed E-state index contributed by atoms with van der Waals surface area (Å²) in [4.78, 5) is 40.5. The second kappa shape index (κ2) is 10.5. The Balaban J connectivity index is 1.69. The van der Waals surface area contributed by atoms with Crippen molar-refractivity contribution in [3.63, 3.8) is 0 Å². The van der Waals surface area contributed by atoms with Crippen LogP contribution in [0.25, 0.3) is 0 Å². The van der Waals surface area contributed by atoms with Gasteiger partial charge >= 0.3 is 0 Å². The fourth-order valence-electron chi connectivity index (χ4n) is 3.23. The van der Waals surface area contributed by atoms with Crippen LogP contribution in [0.1, 0.15) is 22.8 Å². The highest BCUT2D eigenvalue weighted by atomic mass is 79.9. The Bertz CT molecular complexity index is 891. The number of pyridine rings is 1. The first-order valence-electron chi connectivity index (χ1n) is 9.61. The highest BCUT2D eigenvalue weighted by Crippen LogP contribution is 2.17. The van der Waals surface area contributed by atoms with Gasteiger partial charge in [-0.2, -0.15) is 0 Å². The van der Waals surface area contributed by atoms with E-state index in [2.05, 4.69) is 26.1 Å². The molecule has 1 aliphatic rings. The number of nitrogens with one attached hydrogen (secondary N) is 1. The molecule has 0 spiro atoms. The van der Waals surface area contributed by atoms with Crippen molar-refractivity contribution < 1.29 is 14.3 Å². The third kappa shape index (κ3) is 5.85. The quantitative estimate of drug-likeness (QED) is 0.368. The van der Waals surface area contributed by atoms with E-state index in [1.165, 1.54) is 16.8 Å². The number of ether oxygens (including phenoxy) is 1. The van der Waals surface area contributed by atoms with Gasteiger partial charge in [0.1, 0.15) is 0 Å². The van der Waals surface area contributed by atoms with Crippen molar-refractivity contribution in [3.8, 4) is 0 Å². The smallest absolute Gasteiger partial charge is 0.251 e. The average molecular weight is 462 g/mol. The summed E-state index contributed by atoms with van der Waals surface area (Å²) in [7, 11) is 0. The maximum absolute atomic E-state index is 13.1. The fourth-order valence-corrected chi connectivity index (χ4v) is 3.50. The number of halogens is 1. The number of carbonyl (C=O) groups is 2. The molecule has 1 aliphatic heterocycles. The Morgan fingerprint density at radius 3 is 2.52 bits per heavy atom. The summed E-state index contributed by atoms with van der Waals surface area (Å²) in [6, 6.07) is 10.1. The number of hydrogen-bond donors (Lipinski definition) is 1. The summed E-state index contributed by atoms with van der Waals surface area (Å²) < 4.78 is 7.34. The van der Waals surface area contributed by atoms with Gasteiger partial charge in [-0.1, -0.05) is 34.1 Å². The summed E-state index contributed by atoms with van der Waals surface area (Å²) in [5.74, 6) is -0.898. The van der Waals surface area contributed by atoms with Crippen LogP contribution in [0.4, 0.5) is 0 Å². The molecule has 7 nitrogen and oxygen atoms in total. The lowest BCUT2D eigenvalue weighted by atomic mass is 10.0. The minimum Gasteiger partial charge on any atom is -0.379 e. The zero-order chi connectivity index (χ0) is 20.6. The average Bonchev–Trinajstić information content (AvgIpc) is 2.74. The summed E-state index contributed by atoms with van der Waals surface area (Å²) >= 11 is 3.33. The third-order valence-corrected chi connectivity index (χ3v) is 5.34. The van der Waals surface area contributed by atoms with E-state index >= 15 is 0 Å². The zero-order valence-corrected chi connectivity index (χ0v) is 17.6. The van der Waals surface area contributed by atoms with Crippen LogP contribution >= 0.6 is 15.9 Å². The van der Waals surface area contributed by atoms with Gasteiger partial charge in [-0.25, -0.2) is 0 Å². The lowest BCUT2D eigenvalue weighted by Crippen LogP contribution is -2.42. The number of Topliss-reactive ketones (excluding diaryl/α,β-unsaturated/α-hetero) is 1. The molecule has 1 aromatic heterocycles. The van der Waals surface area contributed by atoms with Crippen LogP contribution in [0.2, 0.25) is 0 Å². The standard InChI is InChI=1S/C21H24BrN3O4/c22-17-7-5-16(6-8-17)20(27)19(25-11-2-1-4-18(25)26)21(28)23-9-3-10-24-12-14-29-15-13-24/h1-2,4-8,11,19H,3,9-10,12-15H2,(H,23,28). The molecule has 0 saturated carbocycles. The Morgan fingerprint density at radius 2 is 1.83 bits per heavy atom. The van der Waals surface area contributed by atoms with Gasteiger partial charge in [0.25, 0.3) is 11.5 Å². The number of amides is 1. The Labute approximate surface area is 177 Å². The van der Waals surface area contributed by atoms with Crippen molar-refractivity contribution in [1.82, 2.24) is 14.8 Å². The van der Waals surface area contributed by atoms with Crippen molar-refractivity contribution >= 4 is 27.6 Å². The zero-order valence-electron chi connectivity index (χ0n) is 16.1.